The SMILES string of the molecule is CC(C)(C)OC(=O)NCC1OB2O[C@@H](CO)COc3cccc1c32. The number of nitrogens with one attached hydrogen (secondary N) is 1. The second-order valence-corrected chi connectivity index (χ2v) is 6.85. The number of amides is 1. The van der Waals surface area contributed by atoms with E-state index in [-0.39, 0.29) is 25.9 Å². The first-order valence-electron chi connectivity index (χ1n) is 8.01. The van der Waals surface area contributed by atoms with Crippen molar-refractivity contribution >= 4 is 18.7 Å². The second-order valence-electron chi connectivity index (χ2n) is 6.85. The van der Waals surface area contributed by atoms with Crippen LogP contribution < -0.4 is 15.5 Å². The number of rotatable bonds is 3. The molecule has 1 amide bonds. The fraction of sp³-hybridized carbons (Fsp3) is 0.562. The summed E-state index contributed by atoms with van der Waals surface area (Å²) in [5.74, 6) is 0.688. The zero-order valence-electron chi connectivity index (χ0n) is 14.1. The Hall–Kier alpha value is -1.77. The molecule has 0 saturated carbocycles. The summed E-state index contributed by atoms with van der Waals surface area (Å²) in [7, 11) is -0.610. The topological polar surface area (TPSA) is 86.3 Å². The lowest BCUT2D eigenvalue weighted by atomic mass is 9.77. The molecule has 3 rings (SSSR count). The van der Waals surface area contributed by atoms with Crippen molar-refractivity contribution in [3.8, 4) is 5.75 Å². The van der Waals surface area contributed by atoms with Crippen LogP contribution in [0.4, 0.5) is 4.79 Å². The summed E-state index contributed by atoms with van der Waals surface area (Å²) in [6.07, 6.45) is -1.31. The molecule has 0 aromatic heterocycles. The number of aliphatic hydroxyl groups is 1. The van der Waals surface area contributed by atoms with Crippen LogP contribution in [0.3, 0.4) is 0 Å². The molecule has 0 radical (unpaired) electrons. The fourth-order valence-corrected chi connectivity index (χ4v) is 2.75. The highest BCUT2D eigenvalue weighted by atomic mass is 16.6. The molecule has 0 saturated heterocycles. The number of ether oxygens (including phenoxy) is 2. The molecule has 24 heavy (non-hydrogen) atoms. The summed E-state index contributed by atoms with van der Waals surface area (Å²) in [5.41, 5.74) is 1.18. The maximum Gasteiger partial charge on any atom is 0.499 e. The largest absolute Gasteiger partial charge is 0.499 e. The summed E-state index contributed by atoms with van der Waals surface area (Å²) in [6, 6.07) is 5.65. The van der Waals surface area contributed by atoms with Gasteiger partial charge in [-0.1, -0.05) is 12.1 Å². The van der Waals surface area contributed by atoms with Gasteiger partial charge in [-0.2, -0.15) is 0 Å². The highest BCUT2D eigenvalue weighted by Crippen LogP contribution is 2.30. The van der Waals surface area contributed by atoms with Crippen LogP contribution in [0, 0.1) is 0 Å². The van der Waals surface area contributed by atoms with Crippen molar-refractivity contribution in [3.63, 3.8) is 0 Å². The predicted octanol–water partition coefficient (Wildman–Crippen LogP) is 0.748. The van der Waals surface area contributed by atoms with Crippen LogP contribution in [0.1, 0.15) is 32.4 Å². The van der Waals surface area contributed by atoms with E-state index >= 15 is 0 Å². The van der Waals surface area contributed by atoms with Crippen LogP contribution >= 0.6 is 0 Å². The molecule has 7 nitrogen and oxygen atoms in total. The molecule has 2 atom stereocenters. The van der Waals surface area contributed by atoms with Gasteiger partial charge >= 0.3 is 13.2 Å². The van der Waals surface area contributed by atoms with E-state index in [2.05, 4.69) is 5.32 Å². The Kier molecular flexibility index (Phi) is 4.71. The Bertz CT molecular complexity index is 617. The molecular weight excluding hydrogens is 313 g/mol. The van der Waals surface area contributed by atoms with E-state index in [0.717, 1.165) is 11.0 Å². The average Bonchev–Trinajstić information content (AvgIpc) is 2.75. The van der Waals surface area contributed by atoms with Gasteiger partial charge < -0.3 is 29.2 Å². The van der Waals surface area contributed by atoms with Gasteiger partial charge in [0.15, 0.2) is 0 Å². The zero-order valence-corrected chi connectivity index (χ0v) is 14.1. The summed E-state index contributed by atoms with van der Waals surface area (Å²) >= 11 is 0. The van der Waals surface area contributed by atoms with E-state index in [4.69, 9.17) is 18.8 Å². The number of carbonyl (C=O) groups excluding carboxylic acids is 1. The average molecular weight is 335 g/mol. The predicted molar refractivity (Wildman–Crippen MR) is 87.3 cm³/mol. The lowest BCUT2D eigenvalue weighted by Gasteiger charge is -2.21. The molecule has 2 aliphatic rings. The molecular formula is C16H22BNO6. The van der Waals surface area contributed by atoms with Gasteiger partial charge in [-0.05, 0) is 32.4 Å². The van der Waals surface area contributed by atoms with E-state index in [9.17, 15) is 9.90 Å². The van der Waals surface area contributed by atoms with Gasteiger partial charge in [0.1, 0.15) is 24.1 Å². The molecule has 1 aromatic carbocycles. The van der Waals surface area contributed by atoms with Crippen molar-refractivity contribution in [2.24, 2.45) is 0 Å². The summed E-state index contributed by atoms with van der Waals surface area (Å²) in [4.78, 5) is 11.8. The molecule has 0 aliphatic carbocycles. The normalized spacial score (nSPS) is 22.4. The summed E-state index contributed by atoms with van der Waals surface area (Å²) in [6.45, 7) is 5.81. The molecule has 1 unspecified atom stereocenters. The van der Waals surface area contributed by atoms with Gasteiger partial charge in [-0.15, -0.1) is 0 Å². The molecule has 1 aromatic rings. The van der Waals surface area contributed by atoms with Gasteiger partial charge in [-0.25, -0.2) is 4.79 Å². The highest BCUT2D eigenvalue weighted by Gasteiger charge is 2.43. The van der Waals surface area contributed by atoms with Crippen molar-refractivity contribution in [1.29, 1.82) is 0 Å². The van der Waals surface area contributed by atoms with E-state index in [1.54, 1.807) is 0 Å². The fourth-order valence-electron chi connectivity index (χ4n) is 2.75. The molecule has 0 bridgehead atoms. The molecule has 2 N–H and O–H groups in total. The molecule has 130 valence electrons. The Labute approximate surface area is 141 Å². The van der Waals surface area contributed by atoms with Crippen LogP contribution in [0.25, 0.3) is 0 Å². The van der Waals surface area contributed by atoms with Crippen LogP contribution in [0.5, 0.6) is 5.75 Å². The van der Waals surface area contributed by atoms with E-state index in [1.807, 2.05) is 39.0 Å². The number of hydrogen-bond acceptors (Lipinski definition) is 6. The Morgan fingerprint density at radius 2 is 2.21 bits per heavy atom. The lowest BCUT2D eigenvalue weighted by molar-refractivity contribution is 0.0417. The van der Waals surface area contributed by atoms with Crippen LogP contribution in [0.2, 0.25) is 0 Å². The van der Waals surface area contributed by atoms with Gasteiger partial charge in [0.2, 0.25) is 0 Å². The monoisotopic (exact) mass is 335 g/mol. The summed E-state index contributed by atoms with van der Waals surface area (Å²) < 4.78 is 22.6. The second kappa shape index (κ2) is 6.62. The van der Waals surface area contributed by atoms with Gasteiger partial charge in [-0.3, -0.25) is 0 Å². The van der Waals surface area contributed by atoms with Crippen LogP contribution in [0.15, 0.2) is 18.2 Å². The lowest BCUT2D eigenvalue weighted by Crippen LogP contribution is -2.37. The standard InChI is InChI=1S/C16H22BNO6/c1-16(2,3)22-15(20)18-7-13-11-5-4-6-12-14(11)17(24-13)23-10(8-19)9-21-12/h4-6,10,13,19H,7-9H2,1-3H3,(H,18,20)/t10-,13?/m0/s1. The minimum atomic E-state index is -0.610. The van der Waals surface area contributed by atoms with Crippen molar-refractivity contribution in [2.45, 2.75) is 38.6 Å². The van der Waals surface area contributed by atoms with E-state index in [0.29, 0.717) is 5.75 Å². The number of hydrogen-bond donors (Lipinski definition) is 2. The van der Waals surface area contributed by atoms with Crippen molar-refractivity contribution in [1.82, 2.24) is 5.32 Å². The Balaban J connectivity index is 1.72. The smallest absolute Gasteiger partial charge is 0.491 e. The third kappa shape index (κ3) is 3.66. The third-order valence-corrected chi connectivity index (χ3v) is 3.75. The molecule has 2 heterocycles. The summed E-state index contributed by atoms with van der Waals surface area (Å²) in [5, 5.41) is 12.1. The van der Waals surface area contributed by atoms with Crippen molar-refractivity contribution in [2.75, 3.05) is 19.8 Å². The number of carbonyl (C=O) groups is 1. The van der Waals surface area contributed by atoms with Crippen LogP contribution in [-0.2, 0) is 14.0 Å². The van der Waals surface area contributed by atoms with Crippen molar-refractivity contribution < 1.29 is 28.7 Å². The number of alkyl carbamates (subject to hydrolysis) is 1. The first-order valence-corrected chi connectivity index (χ1v) is 8.01. The van der Waals surface area contributed by atoms with Gasteiger partial charge in [0.25, 0.3) is 0 Å². The third-order valence-electron chi connectivity index (χ3n) is 3.75. The zero-order chi connectivity index (χ0) is 17.3. The molecule has 8 heteroatoms. The first kappa shape index (κ1) is 17.1. The molecule has 0 fully saturated rings. The molecule has 0 spiro atoms. The number of benzene rings is 1. The maximum atomic E-state index is 11.8. The van der Waals surface area contributed by atoms with Gasteiger partial charge in [0, 0.05) is 12.0 Å². The maximum absolute atomic E-state index is 11.8. The van der Waals surface area contributed by atoms with E-state index in [1.165, 1.54) is 0 Å². The first-order chi connectivity index (χ1) is 11.4. The minimum absolute atomic E-state index is 0.149. The van der Waals surface area contributed by atoms with Gasteiger partial charge in [0.05, 0.1) is 12.7 Å². The number of aliphatic hydroxyl groups excluding tert-OH is 1. The van der Waals surface area contributed by atoms with E-state index < -0.39 is 24.9 Å². The van der Waals surface area contributed by atoms with Crippen LogP contribution in [-0.4, -0.2) is 49.8 Å². The quantitative estimate of drug-likeness (QED) is 0.793. The minimum Gasteiger partial charge on any atom is -0.491 e. The highest BCUT2D eigenvalue weighted by molar-refractivity contribution is 6.64. The van der Waals surface area contributed by atoms with Crippen molar-refractivity contribution in [3.05, 3.63) is 23.8 Å². The Morgan fingerprint density at radius 1 is 1.42 bits per heavy atom. The Morgan fingerprint density at radius 3 is 2.92 bits per heavy atom. The molecule has 2 aliphatic heterocycles.